The highest BCUT2D eigenvalue weighted by molar-refractivity contribution is 7.99. The summed E-state index contributed by atoms with van der Waals surface area (Å²) < 4.78 is 0. The molecule has 0 heterocycles. The largest absolute Gasteiger partial charge is 0.161 e. The lowest BCUT2D eigenvalue weighted by Gasteiger charge is -2.36. The summed E-state index contributed by atoms with van der Waals surface area (Å²) in [6.45, 7) is 4.88. The summed E-state index contributed by atoms with van der Waals surface area (Å²) in [4.78, 5) is 0. The lowest BCUT2D eigenvalue weighted by molar-refractivity contribution is 0.202. The first kappa shape index (κ1) is 16.3. The van der Waals surface area contributed by atoms with Gasteiger partial charge in [-0.1, -0.05) is 39.5 Å². The van der Waals surface area contributed by atoms with Crippen molar-refractivity contribution in [3.8, 4) is 0 Å². The van der Waals surface area contributed by atoms with Gasteiger partial charge in [0.15, 0.2) is 0 Å². The monoisotopic (exact) mass is 322 g/mol. The zero-order valence-electron chi connectivity index (χ0n) is 12.3. The van der Waals surface area contributed by atoms with Crippen molar-refractivity contribution < 1.29 is 0 Å². The van der Waals surface area contributed by atoms with Crippen LogP contribution in [0.1, 0.15) is 52.4 Å². The fraction of sp³-hybridized carbons (Fsp3) is 1.00. The molecule has 0 spiro atoms. The van der Waals surface area contributed by atoms with E-state index in [1.807, 2.05) is 0 Å². The Labute approximate surface area is 133 Å². The maximum atomic E-state index is 6.46. The summed E-state index contributed by atoms with van der Waals surface area (Å²) in [5, 5.41) is 0.620. The van der Waals surface area contributed by atoms with Gasteiger partial charge < -0.3 is 0 Å². The fourth-order valence-electron chi connectivity index (χ4n) is 3.79. The molecule has 0 aromatic rings. The molecule has 4 unspecified atom stereocenters. The quantitative estimate of drug-likeness (QED) is 0.589. The van der Waals surface area contributed by atoms with Crippen molar-refractivity contribution in [3.05, 3.63) is 0 Å². The minimum Gasteiger partial charge on any atom is -0.161 e. The average Bonchev–Trinajstić information content (AvgIpc) is 2.36. The van der Waals surface area contributed by atoms with Crippen LogP contribution in [0, 0.1) is 23.7 Å². The van der Waals surface area contributed by atoms with E-state index in [0.29, 0.717) is 16.7 Å². The van der Waals surface area contributed by atoms with Crippen molar-refractivity contribution in [1.82, 2.24) is 0 Å². The maximum absolute atomic E-state index is 6.46. The van der Waals surface area contributed by atoms with Gasteiger partial charge in [-0.25, -0.2) is 0 Å². The van der Waals surface area contributed by atoms with E-state index in [4.69, 9.17) is 23.2 Å². The second-order valence-corrected chi connectivity index (χ2v) is 8.91. The predicted molar refractivity (Wildman–Crippen MR) is 89.6 cm³/mol. The van der Waals surface area contributed by atoms with E-state index in [-0.39, 0.29) is 0 Å². The molecule has 0 bridgehead atoms. The molecule has 0 N–H and O–H groups in total. The molecule has 3 heteroatoms. The van der Waals surface area contributed by atoms with E-state index in [0.717, 1.165) is 36.3 Å². The van der Waals surface area contributed by atoms with Gasteiger partial charge in [-0.2, -0.15) is 11.8 Å². The number of rotatable bonds is 4. The van der Waals surface area contributed by atoms with Crippen molar-refractivity contribution in [2.75, 3.05) is 11.5 Å². The molecule has 0 radical (unpaired) electrons. The molecule has 19 heavy (non-hydrogen) atoms. The predicted octanol–water partition coefficient (Wildman–Crippen LogP) is 5.81. The van der Waals surface area contributed by atoms with Gasteiger partial charge in [0.2, 0.25) is 0 Å². The highest BCUT2D eigenvalue weighted by atomic mass is 35.5. The first-order valence-corrected chi connectivity index (χ1v) is 9.98. The molecular weight excluding hydrogens is 295 g/mol. The van der Waals surface area contributed by atoms with E-state index in [9.17, 15) is 0 Å². The molecule has 2 saturated carbocycles. The van der Waals surface area contributed by atoms with Crippen LogP contribution in [0.4, 0.5) is 0 Å². The molecule has 0 saturated heterocycles. The molecule has 2 aliphatic carbocycles. The molecule has 2 aliphatic rings. The lowest BCUT2D eigenvalue weighted by atomic mass is 9.75. The minimum atomic E-state index is 0.310. The van der Waals surface area contributed by atoms with E-state index in [2.05, 4.69) is 25.6 Å². The second-order valence-electron chi connectivity index (χ2n) is 6.71. The molecule has 0 aliphatic heterocycles. The van der Waals surface area contributed by atoms with Crippen molar-refractivity contribution in [2.24, 2.45) is 23.7 Å². The van der Waals surface area contributed by atoms with Crippen LogP contribution in [0.15, 0.2) is 0 Å². The minimum absolute atomic E-state index is 0.310. The van der Waals surface area contributed by atoms with E-state index in [1.165, 1.54) is 31.4 Å². The molecular formula is C16H28Cl2S. The summed E-state index contributed by atoms with van der Waals surface area (Å²) in [5.41, 5.74) is 0. The summed E-state index contributed by atoms with van der Waals surface area (Å²) in [6, 6.07) is 0. The lowest BCUT2D eigenvalue weighted by Crippen LogP contribution is -2.32. The van der Waals surface area contributed by atoms with Gasteiger partial charge in [0, 0.05) is 16.7 Å². The summed E-state index contributed by atoms with van der Waals surface area (Å²) in [6.07, 6.45) is 7.81. The molecule has 2 rings (SSSR count). The van der Waals surface area contributed by atoms with Gasteiger partial charge in [-0.05, 0) is 42.1 Å². The third-order valence-corrected chi connectivity index (χ3v) is 7.62. The summed E-state index contributed by atoms with van der Waals surface area (Å²) >= 11 is 15.0. The van der Waals surface area contributed by atoms with Gasteiger partial charge in [0.25, 0.3) is 0 Å². The molecule has 4 atom stereocenters. The van der Waals surface area contributed by atoms with E-state index < -0.39 is 0 Å². The van der Waals surface area contributed by atoms with Crippen LogP contribution >= 0.6 is 35.0 Å². The molecule has 0 aromatic heterocycles. The highest BCUT2D eigenvalue weighted by Gasteiger charge is 2.32. The Morgan fingerprint density at radius 2 is 1.26 bits per heavy atom. The molecule has 0 amide bonds. The molecule has 0 aromatic carbocycles. The molecule has 2 fully saturated rings. The van der Waals surface area contributed by atoms with Crippen LogP contribution < -0.4 is 0 Å². The van der Waals surface area contributed by atoms with Gasteiger partial charge in [0.1, 0.15) is 0 Å². The average molecular weight is 323 g/mol. The third kappa shape index (κ3) is 4.45. The number of alkyl halides is 2. The summed E-state index contributed by atoms with van der Waals surface area (Å²) in [7, 11) is 0. The summed E-state index contributed by atoms with van der Waals surface area (Å²) in [5.74, 6) is 5.72. The number of hydrogen-bond acceptors (Lipinski definition) is 1. The number of halogens is 2. The second kappa shape index (κ2) is 7.80. The van der Waals surface area contributed by atoms with Gasteiger partial charge >= 0.3 is 0 Å². The van der Waals surface area contributed by atoms with Crippen LogP contribution in [-0.4, -0.2) is 22.3 Å². The SMILES string of the molecule is CC1CCCC(C)C1CSCC1C(Cl)CCCC1Cl. The van der Waals surface area contributed by atoms with Gasteiger partial charge in [-0.15, -0.1) is 23.2 Å². The standard InChI is InChI=1S/C16H28Cl2S/c1-11-5-3-6-12(2)13(11)9-19-10-14-15(17)7-4-8-16(14)18/h11-16H,3-10H2,1-2H3. The Bertz CT molecular complexity index is 225. The maximum Gasteiger partial charge on any atom is 0.0386 e. The van der Waals surface area contributed by atoms with Crippen LogP contribution in [-0.2, 0) is 0 Å². The van der Waals surface area contributed by atoms with Crippen molar-refractivity contribution in [2.45, 2.75) is 63.1 Å². The van der Waals surface area contributed by atoms with Crippen LogP contribution in [0.3, 0.4) is 0 Å². The zero-order valence-corrected chi connectivity index (χ0v) is 14.6. The molecule has 0 nitrogen and oxygen atoms in total. The first-order chi connectivity index (χ1) is 9.09. The van der Waals surface area contributed by atoms with Crippen LogP contribution in [0.2, 0.25) is 0 Å². The Hall–Kier alpha value is 0.930. The Morgan fingerprint density at radius 1 is 0.789 bits per heavy atom. The van der Waals surface area contributed by atoms with Crippen molar-refractivity contribution >= 4 is 35.0 Å². The van der Waals surface area contributed by atoms with E-state index in [1.54, 1.807) is 0 Å². The van der Waals surface area contributed by atoms with Crippen molar-refractivity contribution in [1.29, 1.82) is 0 Å². The zero-order chi connectivity index (χ0) is 13.8. The Morgan fingerprint density at radius 3 is 1.84 bits per heavy atom. The smallest absolute Gasteiger partial charge is 0.0386 e. The topological polar surface area (TPSA) is 0 Å². The number of thioether (sulfide) groups is 1. The fourth-order valence-corrected chi connectivity index (χ4v) is 6.72. The van der Waals surface area contributed by atoms with E-state index >= 15 is 0 Å². The normalized spacial score (nSPS) is 44.2. The van der Waals surface area contributed by atoms with Gasteiger partial charge in [0.05, 0.1) is 0 Å². The van der Waals surface area contributed by atoms with Gasteiger partial charge in [-0.3, -0.25) is 0 Å². The Kier molecular flexibility index (Phi) is 6.69. The van der Waals surface area contributed by atoms with Crippen LogP contribution in [0.5, 0.6) is 0 Å². The highest BCUT2D eigenvalue weighted by Crippen LogP contribution is 2.39. The molecule has 112 valence electrons. The van der Waals surface area contributed by atoms with Crippen LogP contribution in [0.25, 0.3) is 0 Å². The Balaban J connectivity index is 1.75. The van der Waals surface area contributed by atoms with Crippen molar-refractivity contribution in [3.63, 3.8) is 0 Å². The third-order valence-electron chi connectivity index (χ3n) is 5.29. The number of hydrogen-bond donors (Lipinski definition) is 0. The first-order valence-electron chi connectivity index (χ1n) is 7.95.